The molecule has 1 aromatic carbocycles. The Morgan fingerprint density at radius 1 is 1.47 bits per heavy atom. The molecular formula is C9H10F3NO2. The summed E-state index contributed by atoms with van der Waals surface area (Å²) in [5.74, 6) is -1.56. The molecule has 0 atom stereocenters. The van der Waals surface area contributed by atoms with Gasteiger partial charge in [0.15, 0.2) is 11.6 Å². The second kappa shape index (κ2) is 4.88. The van der Waals surface area contributed by atoms with Crippen LogP contribution in [0, 0.1) is 5.82 Å². The van der Waals surface area contributed by atoms with Crippen molar-refractivity contribution in [1.82, 2.24) is 0 Å². The molecule has 1 aromatic rings. The highest BCUT2D eigenvalue weighted by Crippen LogP contribution is 2.30. The van der Waals surface area contributed by atoms with Crippen LogP contribution in [0.3, 0.4) is 0 Å². The van der Waals surface area contributed by atoms with Gasteiger partial charge in [-0.3, -0.25) is 0 Å². The summed E-state index contributed by atoms with van der Waals surface area (Å²) in [4.78, 5) is 0. The van der Waals surface area contributed by atoms with E-state index >= 15 is 0 Å². The summed E-state index contributed by atoms with van der Waals surface area (Å²) in [6, 6.07) is 2.32. The Hall–Kier alpha value is -1.43. The van der Waals surface area contributed by atoms with E-state index in [1.54, 1.807) is 0 Å². The largest absolute Gasteiger partial charge is 0.431 e. The normalized spacial score (nSPS) is 10.5. The van der Waals surface area contributed by atoms with E-state index in [1.165, 1.54) is 13.1 Å². The highest BCUT2D eigenvalue weighted by atomic mass is 19.3. The summed E-state index contributed by atoms with van der Waals surface area (Å²) < 4.78 is 41.0. The number of hydrogen-bond acceptors (Lipinski definition) is 3. The zero-order chi connectivity index (χ0) is 11.4. The van der Waals surface area contributed by atoms with Gasteiger partial charge in [0.1, 0.15) is 0 Å². The summed E-state index contributed by atoms with van der Waals surface area (Å²) in [7, 11) is 1.53. The maximum atomic E-state index is 13.1. The van der Waals surface area contributed by atoms with Gasteiger partial charge in [-0.2, -0.15) is 8.78 Å². The SMILES string of the molecule is CNc1ccc(F)c(OC(F)F)c1CO. The molecule has 84 valence electrons. The fourth-order valence-electron chi connectivity index (χ4n) is 1.21. The number of halogens is 3. The van der Waals surface area contributed by atoms with Crippen molar-refractivity contribution >= 4 is 5.69 Å². The molecule has 0 amide bonds. The minimum absolute atomic E-state index is 0.0298. The number of rotatable bonds is 4. The monoisotopic (exact) mass is 221 g/mol. The highest BCUT2D eigenvalue weighted by molar-refractivity contribution is 5.57. The van der Waals surface area contributed by atoms with E-state index in [2.05, 4.69) is 10.1 Å². The van der Waals surface area contributed by atoms with Crippen molar-refractivity contribution < 1.29 is 23.0 Å². The lowest BCUT2D eigenvalue weighted by Gasteiger charge is -2.13. The second-order valence-corrected chi connectivity index (χ2v) is 2.69. The predicted octanol–water partition coefficient (Wildman–Crippen LogP) is 1.96. The van der Waals surface area contributed by atoms with Gasteiger partial charge in [-0.25, -0.2) is 4.39 Å². The van der Waals surface area contributed by atoms with Crippen molar-refractivity contribution in [3.63, 3.8) is 0 Å². The van der Waals surface area contributed by atoms with Gasteiger partial charge >= 0.3 is 6.61 Å². The van der Waals surface area contributed by atoms with Crippen molar-refractivity contribution in [1.29, 1.82) is 0 Å². The first-order valence-electron chi connectivity index (χ1n) is 4.15. The van der Waals surface area contributed by atoms with Gasteiger partial charge in [0.25, 0.3) is 0 Å². The Morgan fingerprint density at radius 2 is 2.13 bits per heavy atom. The van der Waals surface area contributed by atoms with Gasteiger partial charge in [0, 0.05) is 18.3 Å². The molecule has 0 saturated heterocycles. The van der Waals surface area contributed by atoms with Crippen LogP contribution in [0.1, 0.15) is 5.56 Å². The van der Waals surface area contributed by atoms with Gasteiger partial charge in [-0.15, -0.1) is 0 Å². The molecule has 1 rings (SSSR count). The molecule has 0 fully saturated rings. The van der Waals surface area contributed by atoms with E-state index in [0.717, 1.165) is 6.07 Å². The fraction of sp³-hybridized carbons (Fsp3) is 0.333. The Labute approximate surface area is 84.5 Å². The number of hydrogen-bond donors (Lipinski definition) is 2. The number of nitrogens with one attached hydrogen (secondary N) is 1. The topological polar surface area (TPSA) is 41.5 Å². The maximum Gasteiger partial charge on any atom is 0.387 e. The lowest BCUT2D eigenvalue weighted by Crippen LogP contribution is -2.08. The van der Waals surface area contributed by atoms with Crippen LogP contribution in [0.2, 0.25) is 0 Å². The third-order valence-electron chi connectivity index (χ3n) is 1.85. The zero-order valence-electron chi connectivity index (χ0n) is 7.93. The van der Waals surface area contributed by atoms with Gasteiger partial charge in [0.2, 0.25) is 0 Å². The number of alkyl halides is 2. The average Bonchev–Trinajstić information content (AvgIpc) is 2.20. The number of aliphatic hydroxyl groups is 1. The maximum absolute atomic E-state index is 13.1. The molecular weight excluding hydrogens is 211 g/mol. The number of anilines is 1. The fourth-order valence-corrected chi connectivity index (χ4v) is 1.21. The molecule has 0 unspecified atom stereocenters. The molecule has 0 aliphatic heterocycles. The molecule has 0 aliphatic rings. The minimum atomic E-state index is -3.13. The lowest BCUT2D eigenvalue weighted by atomic mass is 10.1. The zero-order valence-corrected chi connectivity index (χ0v) is 7.93. The standard InChI is InChI=1S/C9H10F3NO2/c1-13-7-3-2-6(10)8(5(7)4-14)15-9(11)12/h2-3,9,13-14H,4H2,1H3. The van der Waals surface area contributed by atoms with Crippen LogP contribution < -0.4 is 10.1 Å². The Bertz CT molecular complexity index is 344. The van der Waals surface area contributed by atoms with E-state index in [4.69, 9.17) is 5.11 Å². The van der Waals surface area contributed by atoms with Crippen molar-refractivity contribution in [2.24, 2.45) is 0 Å². The molecule has 0 bridgehead atoms. The predicted molar refractivity (Wildman–Crippen MR) is 48.5 cm³/mol. The second-order valence-electron chi connectivity index (χ2n) is 2.69. The highest BCUT2D eigenvalue weighted by Gasteiger charge is 2.17. The quantitative estimate of drug-likeness (QED) is 0.816. The Kier molecular flexibility index (Phi) is 3.79. The first-order valence-corrected chi connectivity index (χ1v) is 4.15. The van der Waals surface area contributed by atoms with Gasteiger partial charge in [-0.05, 0) is 12.1 Å². The van der Waals surface area contributed by atoms with Crippen LogP contribution >= 0.6 is 0 Å². The van der Waals surface area contributed by atoms with E-state index in [0.29, 0.717) is 5.69 Å². The van der Waals surface area contributed by atoms with E-state index in [1.807, 2.05) is 0 Å². The summed E-state index contributed by atoms with van der Waals surface area (Å²) in [6.45, 7) is -3.72. The Morgan fingerprint density at radius 3 is 2.60 bits per heavy atom. The van der Waals surface area contributed by atoms with Crippen molar-refractivity contribution in [3.8, 4) is 5.75 Å². The molecule has 0 heterocycles. The van der Waals surface area contributed by atoms with Gasteiger partial charge in [-0.1, -0.05) is 0 Å². The summed E-state index contributed by atoms with van der Waals surface area (Å²) in [5, 5.41) is 11.6. The molecule has 0 radical (unpaired) electrons. The number of benzene rings is 1. The Balaban J connectivity index is 3.19. The molecule has 3 nitrogen and oxygen atoms in total. The third kappa shape index (κ3) is 2.53. The summed E-state index contributed by atoms with van der Waals surface area (Å²) >= 11 is 0. The van der Waals surface area contributed by atoms with Crippen molar-refractivity contribution in [3.05, 3.63) is 23.5 Å². The lowest BCUT2D eigenvalue weighted by molar-refractivity contribution is -0.0532. The van der Waals surface area contributed by atoms with Crippen LogP contribution in [-0.2, 0) is 6.61 Å². The third-order valence-corrected chi connectivity index (χ3v) is 1.85. The van der Waals surface area contributed by atoms with Crippen LogP contribution in [0.4, 0.5) is 18.9 Å². The summed E-state index contributed by atoms with van der Waals surface area (Å²) in [6.07, 6.45) is 0. The van der Waals surface area contributed by atoms with Gasteiger partial charge < -0.3 is 15.2 Å². The molecule has 0 spiro atoms. The minimum Gasteiger partial charge on any atom is -0.431 e. The van der Waals surface area contributed by atoms with Crippen molar-refractivity contribution in [2.75, 3.05) is 12.4 Å². The van der Waals surface area contributed by atoms with Crippen LogP contribution in [0.5, 0.6) is 5.75 Å². The first kappa shape index (κ1) is 11.6. The molecule has 0 saturated carbocycles. The van der Waals surface area contributed by atoms with Crippen LogP contribution in [-0.4, -0.2) is 18.8 Å². The molecule has 2 N–H and O–H groups in total. The van der Waals surface area contributed by atoms with E-state index in [-0.39, 0.29) is 5.56 Å². The van der Waals surface area contributed by atoms with Gasteiger partial charge in [0.05, 0.1) is 6.61 Å². The number of aliphatic hydroxyl groups excluding tert-OH is 1. The average molecular weight is 221 g/mol. The molecule has 6 heteroatoms. The van der Waals surface area contributed by atoms with Crippen molar-refractivity contribution in [2.45, 2.75) is 13.2 Å². The first-order chi connectivity index (χ1) is 7.10. The van der Waals surface area contributed by atoms with E-state index in [9.17, 15) is 13.2 Å². The number of ether oxygens (including phenoxy) is 1. The summed E-state index contributed by atoms with van der Waals surface area (Å²) in [5.41, 5.74) is 0.312. The van der Waals surface area contributed by atoms with E-state index < -0.39 is 24.8 Å². The molecule has 0 aliphatic carbocycles. The molecule has 15 heavy (non-hydrogen) atoms. The molecule has 0 aromatic heterocycles. The smallest absolute Gasteiger partial charge is 0.387 e. The van der Waals surface area contributed by atoms with Crippen LogP contribution in [0.25, 0.3) is 0 Å². The van der Waals surface area contributed by atoms with Crippen LogP contribution in [0.15, 0.2) is 12.1 Å².